The van der Waals surface area contributed by atoms with E-state index in [0.29, 0.717) is 5.25 Å². The van der Waals surface area contributed by atoms with Gasteiger partial charge in [-0.1, -0.05) is 12.2 Å². The number of benzene rings is 1. The van der Waals surface area contributed by atoms with Gasteiger partial charge >= 0.3 is 0 Å². The van der Waals surface area contributed by atoms with Crippen LogP contribution in [-0.2, 0) is 0 Å². The van der Waals surface area contributed by atoms with Crippen LogP contribution in [0.4, 0.5) is 5.69 Å². The molecule has 2 N–H and O–H groups in total. The second-order valence-electron chi connectivity index (χ2n) is 4.04. The maximum atomic E-state index is 5.74. The molecule has 2 rings (SSSR count). The molecular weight excluding hydrogens is 202 g/mol. The molecule has 0 aromatic heterocycles. The minimum atomic E-state index is 0.654. The van der Waals surface area contributed by atoms with Crippen molar-refractivity contribution in [3.63, 3.8) is 0 Å². The fourth-order valence-electron chi connectivity index (χ4n) is 1.85. The molecule has 0 radical (unpaired) electrons. The van der Waals surface area contributed by atoms with E-state index in [9.17, 15) is 0 Å². The van der Waals surface area contributed by atoms with Crippen LogP contribution in [0.3, 0.4) is 0 Å². The molecule has 1 nitrogen and oxygen atoms in total. The van der Waals surface area contributed by atoms with E-state index in [1.54, 1.807) is 0 Å². The lowest BCUT2D eigenvalue weighted by molar-refractivity contribution is 0.741. The lowest BCUT2D eigenvalue weighted by Crippen LogP contribution is -2.02. The summed E-state index contributed by atoms with van der Waals surface area (Å²) >= 11 is 1.96. The number of nitrogens with two attached hydrogens (primary N) is 1. The minimum absolute atomic E-state index is 0.654. The third-order valence-corrected chi connectivity index (χ3v) is 4.10. The Labute approximate surface area is 95.8 Å². The Morgan fingerprint density at radius 1 is 1.40 bits per heavy atom. The van der Waals surface area contributed by atoms with Crippen LogP contribution in [0.5, 0.6) is 0 Å². The van der Waals surface area contributed by atoms with E-state index in [4.69, 9.17) is 5.73 Å². The third kappa shape index (κ3) is 2.78. The van der Waals surface area contributed by atoms with E-state index < -0.39 is 0 Å². The zero-order chi connectivity index (χ0) is 10.7. The zero-order valence-corrected chi connectivity index (χ0v) is 9.89. The summed E-state index contributed by atoms with van der Waals surface area (Å²) in [7, 11) is 0. The van der Waals surface area contributed by atoms with Crippen LogP contribution in [0.15, 0.2) is 35.2 Å². The summed E-state index contributed by atoms with van der Waals surface area (Å²) in [5.41, 5.74) is 7.89. The Morgan fingerprint density at radius 3 is 2.93 bits per heavy atom. The minimum Gasteiger partial charge on any atom is -0.399 e. The molecule has 1 unspecified atom stereocenters. The molecule has 1 aromatic carbocycles. The normalized spacial score (nSPS) is 20.5. The summed E-state index contributed by atoms with van der Waals surface area (Å²) in [5, 5.41) is 0.654. The first-order chi connectivity index (χ1) is 7.25. The van der Waals surface area contributed by atoms with Gasteiger partial charge in [-0.15, -0.1) is 11.8 Å². The van der Waals surface area contributed by atoms with E-state index in [1.807, 2.05) is 17.8 Å². The number of hydrogen-bond acceptors (Lipinski definition) is 2. The second kappa shape index (κ2) is 4.75. The molecule has 1 aliphatic carbocycles. The summed E-state index contributed by atoms with van der Waals surface area (Å²) in [5.74, 6) is 0. The van der Waals surface area contributed by atoms with Crippen LogP contribution >= 0.6 is 11.8 Å². The van der Waals surface area contributed by atoms with Gasteiger partial charge in [0, 0.05) is 15.8 Å². The van der Waals surface area contributed by atoms with Crippen LogP contribution in [0.2, 0.25) is 0 Å². The highest BCUT2D eigenvalue weighted by Crippen LogP contribution is 2.32. The molecule has 0 fully saturated rings. The number of anilines is 1. The number of aryl methyl sites for hydroxylation is 1. The SMILES string of the molecule is Cc1cc(N)ccc1SC1C=CCCC1. The quantitative estimate of drug-likeness (QED) is 0.605. The number of nitrogen functional groups attached to an aromatic ring is 1. The molecule has 0 saturated carbocycles. The van der Waals surface area contributed by atoms with Gasteiger partial charge < -0.3 is 5.73 Å². The molecule has 1 aromatic rings. The smallest absolute Gasteiger partial charge is 0.0317 e. The Hall–Kier alpha value is -0.890. The van der Waals surface area contributed by atoms with Gasteiger partial charge in [0.05, 0.1) is 0 Å². The van der Waals surface area contributed by atoms with Gasteiger partial charge in [-0.05, 0) is 49.9 Å². The van der Waals surface area contributed by atoms with Gasteiger partial charge in [0.15, 0.2) is 0 Å². The summed E-state index contributed by atoms with van der Waals surface area (Å²) in [6.45, 7) is 2.13. The Bertz CT molecular complexity index is 371. The van der Waals surface area contributed by atoms with Gasteiger partial charge in [0.1, 0.15) is 0 Å². The van der Waals surface area contributed by atoms with Crippen molar-refractivity contribution in [3.8, 4) is 0 Å². The zero-order valence-electron chi connectivity index (χ0n) is 9.07. The van der Waals surface area contributed by atoms with Crippen molar-refractivity contribution in [1.29, 1.82) is 0 Å². The van der Waals surface area contributed by atoms with Crippen LogP contribution in [0.1, 0.15) is 24.8 Å². The van der Waals surface area contributed by atoms with E-state index in [2.05, 4.69) is 31.2 Å². The molecule has 15 heavy (non-hydrogen) atoms. The van der Waals surface area contributed by atoms with Crippen molar-refractivity contribution in [1.82, 2.24) is 0 Å². The van der Waals surface area contributed by atoms with Gasteiger partial charge in [0.25, 0.3) is 0 Å². The summed E-state index contributed by atoms with van der Waals surface area (Å²) in [6.07, 6.45) is 8.50. The standard InChI is InChI=1S/C13H17NS/c1-10-9-11(14)7-8-13(10)15-12-5-3-2-4-6-12/h3,5,7-9,12H,2,4,6,14H2,1H3. The van der Waals surface area contributed by atoms with Gasteiger partial charge in [0.2, 0.25) is 0 Å². The van der Waals surface area contributed by atoms with E-state index in [0.717, 1.165) is 5.69 Å². The molecule has 1 aliphatic rings. The third-order valence-electron chi connectivity index (χ3n) is 2.69. The first kappa shape index (κ1) is 10.6. The van der Waals surface area contributed by atoms with E-state index in [1.165, 1.54) is 29.7 Å². The lowest BCUT2D eigenvalue weighted by atomic mass is 10.1. The van der Waals surface area contributed by atoms with Crippen LogP contribution < -0.4 is 5.73 Å². The molecule has 0 saturated heterocycles. The molecule has 0 bridgehead atoms. The molecule has 0 aliphatic heterocycles. The molecule has 0 heterocycles. The van der Waals surface area contributed by atoms with Gasteiger partial charge in [-0.3, -0.25) is 0 Å². The maximum absolute atomic E-state index is 5.74. The van der Waals surface area contributed by atoms with E-state index in [-0.39, 0.29) is 0 Å². The first-order valence-electron chi connectivity index (χ1n) is 5.45. The molecule has 2 heteroatoms. The highest BCUT2D eigenvalue weighted by Gasteiger charge is 2.11. The number of rotatable bonds is 2. The van der Waals surface area contributed by atoms with Crippen molar-refractivity contribution in [2.24, 2.45) is 0 Å². The lowest BCUT2D eigenvalue weighted by Gasteiger charge is -2.17. The van der Waals surface area contributed by atoms with Crippen LogP contribution in [-0.4, -0.2) is 5.25 Å². The summed E-state index contributed by atoms with van der Waals surface area (Å²) in [4.78, 5) is 1.36. The summed E-state index contributed by atoms with van der Waals surface area (Å²) < 4.78 is 0. The number of hydrogen-bond donors (Lipinski definition) is 1. The second-order valence-corrected chi connectivity index (χ2v) is 5.32. The van der Waals surface area contributed by atoms with Crippen molar-refractivity contribution in [3.05, 3.63) is 35.9 Å². The van der Waals surface area contributed by atoms with Crippen molar-refractivity contribution in [2.45, 2.75) is 36.3 Å². The molecular formula is C13H17NS. The molecule has 1 atom stereocenters. The average molecular weight is 219 g/mol. The van der Waals surface area contributed by atoms with Crippen molar-refractivity contribution >= 4 is 17.4 Å². The van der Waals surface area contributed by atoms with Gasteiger partial charge in [-0.25, -0.2) is 0 Å². The topological polar surface area (TPSA) is 26.0 Å². The monoisotopic (exact) mass is 219 g/mol. The average Bonchev–Trinajstić information content (AvgIpc) is 2.24. The van der Waals surface area contributed by atoms with Crippen LogP contribution in [0, 0.1) is 6.92 Å². The number of thioether (sulfide) groups is 1. The molecule has 80 valence electrons. The van der Waals surface area contributed by atoms with E-state index >= 15 is 0 Å². The van der Waals surface area contributed by atoms with Crippen molar-refractivity contribution < 1.29 is 0 Å². The predicted octanol–water partition coefficient (Wildman–Crippen LogP) is 3.78. The van der Waals surface area contributed by atoms with Crippen molar-refractivity contribution in [2.75, 3.05) is 5.73 Å². The fourth-order valence-corrected chi connectivity index (χ4v) is 3.04. The maximum Gasteiger partial charge on any atom is 0.0317 e. The predicted molar refractivity (Wildman–Crippen MR) is 68.2 cm³/mol. The summed E-state index contributed by atoms with van der Waals surface area (Å²) in [6, 6.07) is 6.18. The fraction of sp³-hybridized carbons (Fsp3) is 0.385. The largest absolute Gasteiger partial charge is 0.399 e. The van der Waals surface area contributed by atoms with Crippen LogP contribution in [0.25, 0.3) is 0 Å². The Morgan fingerprint density at radius 2 is 2.27 bits per heavy atom. The number of allylic oxidation sites excluding steroid dienone is 1. The Kier molecular flexibility index (Phi) is 3.37. The molecule has 0 amide bonds. The Balaban J connectivity index is 2.09. The highest BCUT2D eigenvalue weighted by atomic mass is 32.2. The van der Waals surface area contributed by atoms with Gasteiger partial charge in [-0.2, -0.15) is 0 Å². The molecule has 0 spiro atoms. The first-order valence-corrected chi connectivity index (χ1v) is 6.33. The highest BCUT2D eigenvalue weighted by molar-refractivity contribution is 8.00.